The van der Waals surface area contributed by atoms with E-state index in [1.807, 2.05) is 4.68 Å². The normalized spacial score (nSPS) is 16.1. The van der Waals surface area contributed by atoms with Crippen LogP contribution in [0.1, 0.15) is 37.3 Å². The minimum atomic E-state index is -0.415. The molecule has 0 spiro atoms. The van der Waals surface area contributed by atoms with Crippen molar-refractivity contribution in [3.8, 4) is 0 Å². The Morgan fingerprint density at radius 1 is 1.10 bits per heavy atom. The van der Waals surface area contributed by atoms with Crippen molar-refractivity contribution in [2.24, 2.45) is 0 Å². The summed E-state index contributed by atoms with van der Waals surface area (Å²) in [5.74, 6) is 0.743. The van der Waals surface area contributed by atoms with E-state index in [4.69, 9.17) is 0 Å². The molecule has 7 heteroatoms. The van der Waals surface area contributed by atoms with Crippen LogP contribution in [-0.2, 0) is 0 Å². The van der Waals surface area contributed by atoms with Crippen molar-refractivity contribution in [1.82, 2.24) is 14.7 Å². The predicted molar refractivity (Wildman–Crippen MR) is 121 cm³/mol. The molecule has 0 aliphatic carbocycles. The standard InChI is InChI=1S/C24H28FN5O/c1-18(19-6-3-2-4-7-19)17-29-14-11-22(12-15-29)30-23(10-13-26-30)28-24(31)27-21-9-5-8-20(25)16-21/h2-10,13,16,18,22H,11-12,14-15,17H2,1H3,(H2,27,28,31). The van der Waals surface area contributed by atoms with E-state index in [0.29, 0.717) is 17.4 Å². The number of nitrogens with one attached hydrogen (secondary N) is 2. The quantitative estimate of drug-likeness (QED) is 0.582. The molecule has 2 heterocycles. The maximum atomic E-state index is 13.3. The van der Waals surface area contributed by atoms with Gasteiger partial charge in [-0.1, -0.05) is 43.3 Å². The lowest BCUT2D eigenvalue weighted by atomic mass is 9.98. The Bertz CT molecular complexity index is 998. The molecule has 1 atom stereocenters. The Labute approximate surface area is 182 Å². The van der Waals surface area contributed by atoms with Crippen LogP contribution in [0.2, 0.25) is 0 Å². The molecule has 1 unspecified atom stereocenters. The van der Waals surface area contributed by atoms with Gasteiger partial charge in [0.2, 0.25) is 0 Å². The van der Waals surface area contributed by atoms with Crippen LogP contribution in [0, 0.1) is 5.82 Å². The van der Waals surface area contributed by atoms with Gasteiger partial charge in [-0.3, -0.25) is 5.32 Å². The van der Waals surface area contributed by atoms with E-state index in [-0.39, 0.29) is 6.04 Å². The number of rotatable bonds is 6. The number of halogens is 1. The zero-order valence-electron chi connectivity index (χ0n) is 17.7. The number of hydrogen-bond acceptors (Lipinski definition) is 3. The average molecular weight is 422 g/mol. The fraction of sp³-hybridized carbons (Fsp3) is 0.333. The third-order valence-electron chi connectivity index (χ3n) is 5.80. The molecule has 0 bridgehead atoms. The topological polar surface area (TPSA) is 62.2 Å². The molecule has 3 aromatic rings. The smallest absolute Gasteiger partial charge is 0.308 e. The lowest BCUT2D eigenvalue weighted by Gasteiger charge is -2.34. The molecule has 2 N–H and O–H groups in total. The summed E-state index contributed by atoms with van der Waals surface area (Å²) in [7, 11) is 0. The fourth-order valence-corrected chi connectivity index (χ4v) is 4.17. The maximum Gasteiger partial charge on any atom is 0.324 e. The van der Waals surface area contributed by atoms with Crippen LogP contribution in [0.25, 0.3) is 0 Å². The monoisotopic (exact) mass is 421 g/mol. The third-order valence-corrected chi connectivity index (χ3v) is 5.80. The molecule has 0 saturated carbocycles. The van der Waals surface area contributed by atoms with Crippen LogP contribution in [0.5, 0.6) is 0 Å². The van der Waals surface area contributed by atoms with Crippen LogP contribution in [0.4, 0.5) is 20.7 Å². The van der Waals surface area contributed by atoms with E-state index in [9.17, 15) is 9.18 Å². The summed E-state index contributed by atoms with van der Waals surface area (Å²) in [5, 5.41) is 9.93. The molecule has 1 fully saturated rings. The summed E-state index contributed by atoms with van der Waals surface area (Å²) in [6.07, 6.45) is 3.65. The molecule has 1 aromatic heterocycles. The fourth-order valence-electron chi connectivity index (χ4n) is 4.17. The molecule has 2 amide bonds. The number of hydrogen-bond donors (Lipinski definition) is 2. The molecule has 0 radical (unpaired) electrons. The van der Waals surface area contributed by atoms with Crippen LogP contribution >= 0.6 is 0 Å². The van der Waals surface area contributed by atoms with Crippen molar-refractivity contribution in [2.45, 2.75) is 31.7 Å². The van der Waals surface area contributed by atoms with E-state index in [1.54, 1.807) is 24.4 Å². The summed E-state index contributed by atoms with van der Waals surface area (Å²) in [6, 6.07) is 18.0. The van der Waals surface area contributed by atoms with Gasteiger partial charge in [0.15, 0.2) is 0 Å². The maximum absolute atomic E-state index is 13.3. The molecular weight excluding hydrogens is 393 g/mol. The molecule has 1 aliphatic rings. The summed E-state index contributed by atoms with van der Waals surface area (Å²) < 4.78 is 15.2. The van der Waals surface area contributed by atoms with Crippen molar-refractivity contribution in [3.05, 3.63) is 78.2 Å². The molecule has 162 valence electrons. The number of amides is 2. The first kappa shape index (κ1) is 21.1. The number of benzene rings is 2. The summed E-state index contributed by atoms with van der Waals surface area (Å²) in [4.78, 5) is 14.8. The lowest BCUT2D eigenvalue weighted by molar-refractivity contribution is 0.174. The highest BCUT2D eigenvalue weighted by Gasteiger charge is 2.24. The summed E-state index contributed by atoms with van der Waals surface area (Å²) in [6.45, 7) is 5.30. The zero-order valence-corrected chi connectivity index (χ0v) is 17.7. The highest BCUT2D eigenvalue weighted by molar-refractivity contribution is 5.99. The summed E-state index contributed by atoms with van der Waals surface area (Å²) >= 11 is 0. The third kappa shape index (κ3) is 5.49. The number of aromatic nitrogens is 2. The number of nitrogens with zero attached hydrogens (tertiary/aromatic N) is 3. The average Bonchev–Trinajstić information content (AvgIpc) is 3.23. The Hall–Kier alpha value is -3.19. The van der Waals surface area contributed by atoms with Crippen LogP contribution in [0.15, 0.2) is 66.9 Å². The van der Waals surface area contributed by atoms with Gasteiger partial charge >= 0.3 is 6.03 Å². The minimum Gasteiger partial charge on any atom is -0.308 e. The van der Waals surface area contributed by atoms with Crippen molar-refractivity contribution < 1.29 is 9.18 Å². The Morgan fingerprint density at radius 3 is 2.61 bits per heavy atom. The van der Waals surface area contributed by atoms with E-state index in [1.165, 1.54) is 17.7 Å². The van der Waals surface area contributed by atoms with Gasteiger partial charge in [-0.15, -0.1) is 0 Å². The molecule has 2 aromatic carbocycles. The number of anilines is 2. The SMILES string of the molecule is CC(CN1CCC(n2nccc2NC(=O)Nc2cccc(F)c2)CC1)c1ccccc1. The zero-order chi connectivity index (χ0) is 21.6. The number of carbonyl (C=O) groups is 1. The van der Waals surface area contributed by atoms with Crippen LogP contribution in [-0.4, -0.2) is 40.3 Å². The van der Waals surface area contributed by atoms with Gasteiger partial charge in [0.1, 0.15) is 11.6 Å². The predicted octanol–water partition coefficient (Wildman–Crippen LogP) is 5.11. The van der Waals surface area contributed by atoms with Gasteiger partial charge in [-0.25, -0.2) is 13.9 Å². The first-order valence-electron chi connectivity index (χ1n) is 10.7. The van der Waals surface area contributed by atoms with Crippen molar-refractivity contribution in [3.63, 3.8) is 0 Å². The Morgan fingerprint density at radius 2 is 1.87 bits per heavy atom. The van der Waals surface area contributed by atoms with Gasteiger partial charge in [0.05, 0.1) is 12.2 Å². The Kier molecular flexibility index (Phi) is 6.62. The van der Waals surface area contributed by atoms with E-state index in [2.05, 4.69) is 57.9 Å². The van der Waals surface area contributed by atoms with Gasteiger partial charge in [0.25, 0.3) is 0 Å². The lowest BCUT2D eigenvalue weighted by Crippen LogP contribution is -2.37. The number of piperidine rings is 1. The van der Waals surface area contributed by atoms with Gasteiger partial charge in [-0.05, 0) is 42.5 Å². The first-order valence-corrected chi connectivity index (χ1v) is 10.7. The van der Waals surface area contributed by atoms with Gasteiger partial charge in [0, 0.05) is 31.4 Å². The van der Waals surface area contributed by atoms with Crippen LogP contribution < -0.4 is 10.6 Å². The summed E-state index contributed by atoms with van der Waals surface area (Å²) in [5.41, 5.74) is 1.77. The van der Waals surface area contributed by atoms with Crippen molar-refractivity contribution >= 4 is 17.5 Å². The first-order chi connectivity index (χ1) is 15.1. The molecule has 31 heavy (non-hydrogen) atoms. The van der Waals surface area contributed by atoms with Gasteiger partial charge < -0.3 is 10.2 Å². The largest absolute Gasteiger partial charge is 0.324 e. The highest BCUT2D eigenvalue weighted by atomic mass is 19.1. The minimum absolute atomic E-state index is 0.239. The van der Waals surface area contributed by atoms with E-state index >= 15 is 0 Å². The highest BCUT2D eigenvalue weighted by Crippen LogP contribution is 2.27. The van der Waals surface area contributed by atoms with Crippen LogP contribution in [0.3, 0.4) is 0 Å². The Balaban J connectivity index is 1.30. The second-order valence-electron chi connectivity index (χ2n) is 8.09. The van der Waals surface area contributed by atoms with Crippen molar-refractivity contribution in [2.75, 3.05) is 30.3 Å². The van der Waals surface area contributed by atoms with E-state index < -0.39 is 11.8 Å². The second kappa shape index (κ2) is 9.75. The number of carbonyl (C=O) groups excluding carboxylic acids is 1. The molecule has 1 aliphatic heterocycles. The van der Waals surface area contributed by atoms with Gasteiger partial charge in [-0.2, -0.15) is 5.10 Å². The molecular formula is C24H28FN5O. The molecule has 1 saturated heterocycles. The van der Waals surface area contributed by atoms with Crippen molar-refractivity contribution in [1.29, 1.82) is 0 Å². The number of urea groups is 1. The molecule has 6 nitrogen and oxygen atoms in total. The second-order valence-corrected chi connectivity index (χ2v) is 8.09. The molecule has 4 rings (SSSR count). The number of likely N-dealkylation sites (tertiary alicyclic amines) is 1. The van der Waals surface area contributed by atoms with E-state index in [0.717, 1.165) is 32.5 Å².